The number of hydrogen-bond donors (Lipinski definition) is 2. The van der Waals surface area contributed by atoms with E-state index in [0.29, 0.717) is 21.4 Å². The highest BCUT2D eigenvalue weighted by molar-refractivity contribution is 6.41. The van der Waals surface area contributed by atoms with Crippen LogP contribution in [0.1, 0.15) is 10.4 Å². The van der Waals surface area contributed by atoms with Crippen LogP contribution in [0.15, 0.2) is 36.4 Å². The Labute approximate surface area is 125 Å². The molecule has 0 unspecified atom stereocenters. The number of nitrogens with one attached hydrogen (secondary N) is 1. The van der Waals surface area contributed by atoms with Gasteiger partial charge in [0.05, 0.1) is 32.0 Å². The summed E-state index contributed by atoms with van der Waals surface area (Å²) < 4.78 is 0. The van der Waals surface area contributed by atoms with Crippen molar-refractivity contribution in [2.45, 2.75) is 0 Å². The van der Waals surface area contributed by atoms with Crippen LogP contribution in [0.4, 0.5) is 11.4 Å². The average molecular weight is 316 g/mol. The number of rotatable bonds is 2. The Kier molecular flexibility index (Phi) is 4.20. The van der Waals surface area contributed by atoms with Gasteiger partial charge in [0.2, 0.25) is 0 Å². The summed E-state index contributed by atoms with van der Waals surface area (Å²) in [5.74, 6) is -0.424. The van der Waals surface area contributed by atoms with E-state index in [1.54, 1.807) is 36.4 Å². The quantitative estimate of drug-likeness (QED) is 0.803. The number of carbonyl (C=O) groups excluding carboxylic acids is 1. The molecule has 98 valence electrons. The van der Waals surface area contributed by atoms with E-state index in [9.17, 15) is 4.79 Å². The van der Waals surface area contributed by atoms with Crippen molar-refractivity contribution in [2.24, 2.45) is 0 Å². The van der Waals surface area contributed by atoms with E-state index >= 15 is 0 Å². The van der Waals surface area contributed by atoms with Crippen LogP contribution >= 0.6 is 34.8 Å². The molecule has 0 aromatic heterocycles. The third kappa shape index (κ3) is 2.95. The maximum atomic E-state index is 12.1. The van der Waals surface area contributed by atoms with Crippen molar-refractivity contribution < 1.29 is 4.79 Å². The van der Waals surface area contributed by atoms with Gasteiger partial charge in [-0.15, -0.1) is 0 Å². The van der Waals surface area contributed by atoms with Gasteiger partial charge < -0.3 is 11.1 Å². The molecule has 0 saturated carbocycles. The minimum atomic E-state index is -0.424. The van der Waals surface area contributed by atoms with E-state index in [4.69, 9.17) is 40.5 Å². The Morgan fingerprint density at radius 3 is 2.21 bits per heavy atom. The number of amides is 1. The largest absolute Gasteiger partial charge is 0.398 e. The third-order valence-corrected chi connectivity index (χ3v) is 3.53. The van der Waals surface area contributed by atoms with Gasteiger partial charge in [0.25, 0.3) is 5.91 Å². The molecule has 2 aromatic rings. The number of nitrogens with two attached hydrogens (primary N) is 1. The summed E-state index contributed by atoms with van der Waals surface area (Å²) in [5, 5.41) is 3.51. The van der Waals surface area contributed by atoms with Crippen molar-refractivity contribution in [2.75, 3.05) is 11.1 Å². The fourth-order valence-electron chi connectivity index (χ4n) is 1.52. The zero-order valence-corrected chi connectivity index (χ0v) is 11.9. The van der Waals surface area contributed by atoms with Crippen LogP contribution in [-0.4, -0.2) is 5.91 Å². The second kappa shape index (κ2) is 5.70. The molecule has 0 atom stereocenters. The molecule has 0 aliphatic heterocycles. The van der Waals surface area contributed by atoms with Crippen molar-refractivity contribution in [3.63, 3.8) is 0 Å². The number of hydrogen-bond acceptors (Lipinski definition) is 2. The molecular weight excluding hydrogens is 307 g/mol. The molecular formula is C13H9Cl3N2O. The van der Waals surface area contributed by atoms with Gasteiger partial charge in [0.15, 0.2) is 0 Å². The lowest BCUT2D eigenvalue weighted by Gasteiger charge is -2.10. The second-order valence-electron chi connectivity index (χ2n) is 3.76. The lowest BCUT2D eigenvalue weighted by Crippen LogP contribution is -2.13. The zero-order valence-electron chi connectivity index (χ0n) is 9.58. The van der Waals surface area contributed by atoms with Crippen LogP contribution in [0.2, 0.25) is 15.1 Å². The Hall–Kier alpha value is -1.42. The summed E-state index contributed by atoms with van der Waals surface area (Å²) in [4.78, 5) is 12.1. The van der Waals surface area contributed by atoms with E-state index in [2.05, 4.69) is 5.32 Å². The van der Waals surface area contributed by atoms with Gasteiger partial charge in [-0.25, -0.2) is 0 Å². The third-order valence-electron chi connectivity index (χ3n) is 2.47. The minimum absolute atomic E-state index is 0.197. The first kappa shape index (κ1) is 14.0. The highest BCUT2D eigenvalue weighted by Gasteiger charge is 2.15. The summed E-state index contributed by atoms with van der Waals surface area (Å²) in [6, 6.07) is 9.77. The van der Waals surface area contributed by atoms with Gasteiger partial charge in [-0.1, -0.05) is 46.9 Å². The van der Waals surface area contributed by atoms with Crippen molar-refractivity contribution in [1.29, 1.82) is 0 Å². The van der Waals surface area contributed by atoms with Crippen molar-refractivity contribution in [1.82, 2.24) is 0 Å². The highest BCUT2D eigenvalue weighted by atomic mass is 35.5. The summed E-state index contributed by atoms with van der Waals surface area (Å²) in [7, 11) is 0. The van der Waals surface area contributed by atoms with Crippen LogP contribution in [0, 0.1) is 0 Å². The maximum absolute atomic E-state index is 12.1. The smallest absolute Gasteiger partial charge is 0.257 e. The van der Waals surface area contributed by atoms with E-state index in [1.807, 2.05) is 0 Å². The van der Waals surface area contributed by atoms with Crippen molar-refractivity contribution in [3.8, 4) is 0 Å². The topological polar surface area (TPSA) is 55.1 Å². The Morgan fingerprint density at radius 1 is 1.00 bits per heavy atom. The van der Waals surface area contributed by atoms with Crippen LogP contribution in [0.3, 0.4) is 0 Å². The molecule has 0 heterocycles. The lowest BCUT2D eigenvalue weighted by atomic mass is 10.2. The number of halogens is 3. The molecule has 2 rings (SSSR count). The molecule has 0 spiro atoms. The molecule has 3 N–H and O–H groups in total. The Balaban J connectivity index is 2.34. The first-order valence-electron chi connectivity index (χ1n) is 5.30. The second-order valence-corrected chi connectivity index (χ2v) is 4.95. The number of anilines is 2. The first-order chi connectivity index (χ1) is 9.00. The number of para-hydroxylation sites is 1. The monoisotopic (exact) mass is 314 g/mol. The van der Waals surface area contributed by atoms with Gasteiger partial charge >= 0.3 is 0 Å². The summed E-state index contributed by atoms with van der Waals surface area (Å²) in [6.45, 7) is 0. The first-order valence-corrected chi connectivity index (χ1v) is 6.43. The number of nitrogen functional groups attached to an aromatic ring is 1. The SMILES string of the molecule is Nc1cccc(C(=O)Nc2c(Cl)cccc2Cl)c1Cl. The average Bonchev–Trinajstić information content (AvgIpc) is 2.37. The lowest BCUT2D eigenvalue weighted by molar-refractivity contribution is 0.102. The van der Waals surface area contributed by atoms with Crippen LogP contribution in [-0.2, 0) is 0 Å². The molecule has 0 fully saturated rings. The van der Waals surface area contributed by atoms with Gasteiger partial charge in [0.1, 0.15) is 0 Å². The molecule has 6 heteroatoms. The highest BCUT2D eigenvalue weighted by Crippen LogP contribution is 2.31. The molecule has 2 aromatic carbocycles. The standard InChI is InChI=1S/C13H9Cl3N2O/c14-8-4-2-5-9(15)12(8)18-13(19)7-3-1-6-10(17)11(7)16/h1-6H,17H2,(H,18,19). The molecule has 0 radical (unpaired) electrons. The fourth-order valence-corrected chi connectivity index (χ4v) is 2.23. The summed E-state index contributed by atoms with van der Waals surface area (Å²) >= 11 is 17.9. The predicted octanol–water partition coefficient (Wildman–Crippen LogP) is 4.48. The van der Waals surface area contributed by atoms with Gasteiger partial charge in [-0.2, -0.15) is 0 Å². The maximum Gasteiger partial charge on any atom is 0.257 e. The number of benzene rings is 2. The van der Waals surface area contributed by atoms with Gasteiger partial charge in [-0.3, -0.25) is 4.79 Å². The molecule has 0 saturated heterocycles. The normalized spacial score (nSPS) is 10.3. The molecule has 1 amide bonds. The Morgan fingerprint density at radius 2 is 1.58 bits per heavy atom. The summed E-state index contributed by atoms with van der Waals surface area (Å²) in [6.07, 6.45) is 0. The minimum Gasteiger partial charge on any atom is -0.398 e. The van der Waals surface area contributed by atoms with Gasteiger partial charge in [0, 0.05) is 0 Å². The molecule has 19 heavy (non-hydrogen) atoms. The molecule has 0 aliphatic carbocycles. The van der Waals surface area contributed by atoms with Gasteiger partial charge in [-0.05, 0) is 24.3 Å². The fraction of sp³-hybridized carbons (Fsp3) is 0. The van der Waals surface area contributed by atoms with Crippen LogP contribution < -0.4 is 11.1 Å². The molecule has 3 nitrogen and oxygen atoms in total. The summed E-state index contributed by atoms with van der Waals surface area (Å²) in [5.41, 5.74) is 6.58. The zero-order chi connectivity index (χ0) is 14.0. The van der Waals surface area contributed by atoms with E-state index in [0.717, 1.165) is 0 Å². The van der Waals surface area contributed by atoms with Crippen molar-refractivity contribution >= 4 is 52.1 Å². The van der Waals surface area contributed by atoms with Crippen LogP contribution in [0.5, 0.6) is 0 Å². The van der Waals surface area contributed by atoms with Crippen molar-refractivity contribution in [3.05, 3.63) is 57.0 Å². The Bertz CT molecular complexity index is 624. The predicted molar refractivity (Wildman–Crippen MR) is 80.3 cm³/mol. The van der Waals surface area contributed by atoms with E-state index in [1.165, 1.54) is 0 Å². The molecule has 0 bridgehead atoms. The molecule has 0 aliphatic rings. The van der Waals surface area contributed by atoms with E-state index in [-0.39, 0.29) is 10.6 Å². The van der Waals surface area contributed by atoms with Crippen LogP contribution in [0.25, 0.3) is 0 Å². The van der Waals surface area contributed by atoms with E-state index < -0.39 is 5.91 Å². The number of carbonyl (C=O) groups is 1.